The van der Waals surface area contributed by atoms with Crippen LogP contribution < -0.4 is 15.8 Å². The second-order valence-corrected chi connectivity index (χ2v) is 10.8. The van der Waals surface area contributed by atoms with Gasteiger partial charge in [0.15, 0.2) is 12.1 Å². The molecule has 0 aromatic heterocycles. The SMILES string of the molecule is COCC[C@H]([C@H]1C[C@@H]1C(=O)N[C@H]1C[C@@H](C(F)(F)F)Oc2ccccc21)N1C(=O)C[C@@](C)(C(C)C)N=C1N. The van der Waals surface area contributed by atoms with Crippen LogP contribution in [0.5, 0.6) is 5.75 Å². The van der Waals surface area contributed by atoms with Crippen LogP contribution in [0.15, 0.2) is 29.3 Å². The van der Waals surface area contributed by atoms with Gasteiger partial charge >= 0.3 is 6.18 Å². The van der Waals surface area contributed by atoms with E-state index in [1.807, 2.05) is 20.8 Å². The van der Waals surface area contributed by atoms with Crippen LogP contribution in [0.25, 0.3) is 0 Å². The van der Waals surface area contributed by atoms with Crippen molar-refractivity contribution in [2.75, 3.05) is 13.7 Å². The van der Waals surface area contributed by atoms with Gasteiger partial charge in [0.25, 0.3) is 0 Å². The van der Waals surface area contributed by atoms with E-state index in [2.05, 4.69) is 10.3 Å². The number of para-hydroxylation sites is 1. The van der Waals surface area contributed by atoms with E-state index in [9.17, 15) is 22.8 Å². The lowest BCUT2D eigenvalue weighted by atomic mass is 9.84. The fraction of sp³-hybridized carbons (Fsp3) is 0.654. The number of aliphatic imine (C=N–C) groups is 1. The van der Waals surface area contributed by atoms with Crippen molar-refractivity contribution in [3.8, 4) is 5.75 Å². The lowest BCUT2D eigenvalue weighted by Gasteiger charge is -2.41. The molecule has 2 aliphatic heterocycles. The average molecular weight is 525 g/mol. The van der Waals surface area contributed by atoms with E-state index in [4.69, 9.17) is 15.2 Å². The number of amides is 2. The molecule has 1 fully saturated rings. The van der Waals surface area contributed by atoms with Gasteiger partial charge in [0.05, 0.1) is 18.0 Å². The summed E-state index contributed by atoms with van der Waals surface area (Å²) < 4.78 is 50.8. The first-order valence-electron chi connectivity index (χ1n) is 12.6. The van der Waals surface area contributed by atoms with E-state index >= 15 is 0 Å². The number of nitrogens with one attached hydrogen (secondary N) is 1. The Balaban J connectivity index is 1.51. The Bertz CT molecular complexity index is 1060. The van der Waals surface area contributed by atoms with E-state index < -0.39 is 42.2 Å². The third-order valence-electron chi connectivity index (χ3n) is 7.95. The standard InChI is InChI=1S/C26H35F3N4O4/c1-14(2)25(3)13-22(34)33(24(30)32-25)19(9-10-36-4)16-11-17(16)23(35)31-18-12-21(26(27,28)29)37-20-8-6-5-7-15(18)20/h5-8,14,16-19,21H,9-13H2,1-4H3,(H2,30,32)(H,31,35)/t16-,17-,18-,19+,21-,25-/m0/s1. The number of carbonyl (C=O) groups excluding carboxylic acids is 2. The second kappa shape index (κ2) is 10.2. The average Bonchev–Trinajstić information content (AvgIpc) is 3.61. The number of benzene rings is 1. The Labute approximate surface area is 214 Å². The number of guanidine groups is 1. The summed E-state index contributed by atoms with van der Waals surface area (Å²) in [5.41, 5.74) is 6.21. The van der Waals surface area contributed by atoms with Crippen molar-refractivity contribution >= 4 is 17.8 Å². The summed E-state index contributed by atoms with van der Waals surface area (Å²) in [5.74, 6) is -0.806. The van der Waals surface area contributed by atoms with Crippen molar-refractivity contribution in [1.82, 2.24) is 10.2 Å². The largest absolute Gasteiger partial charge is 0.480 e. The van der Waals surface area contributed by atoms with Crippen LogP contribution in [-0.4, -0.2) is 60.3 Å². The van der Waals surface area contributed by atoms with E-state index in [0.717, 1.165) is 0 Å². The molecule has 8 nitrogen and oxygen atoms in total. The fourth-order valence-corrected chi connectivity index (χ4v) is 5.31. The van der Waals surface area contributed by atoms with Gasteiger partial charge in [-0.05, 0) is 37.7 Å². The summed E-state index contributed by atoms with van der Waals surface area (Å²) in [5, 5.41) is 2.82. The number of carbonyl (C=O) groups is 2. The van der Waals surface area contributed by atoms with Crippen molar-refractivity contribution in [1.29, 1.82) is 0 Å². The Morgan fingerprint density at radius 3 is 2.65 bits per heavy atom. The van der Waals surface area contributed by atoms with Gasteiger partial charge in [0, 0.05) is 37.7 Å². The van der Waals surface area contributed by atoms with Crippen molar-refractivity contribution in [2.45, 2.75) is 76.4 Å². The Morgan fingerprint density at radius 2 is 2.03 bits per heavy atom. The molecule has 1 aliphatic carbocycles. The number of halogens is 3. The van der Waals surface area contributed by atoms with Crippen LogP contribution in [0.3, 0.4) is 0 Å². The van der Waals surface area contributed by atoms with Crippen LogP contribution in [-0.2, 0) is 14.3 Å². The highest BCUT2D eigenvalue weighted by Gasteiger charge is 2.53. The lowest BCUT2D eigenvalue weighted by molar-refractivity contribution is -0.201. The van der Waals surface area contributed by atoms with Crippen molar-refractivity contribution in [3.05, 3.63) is 29.8 Å². The van der Waals surface area contributed by atoms with Gasteiger partial charge in [-0.2, -0.15) is 13.2 Å². The minimum absolute atomic E-state index is 0.108. The third kappa shape index (κ3) is 5.56. The molecule has 0 spiro atoms. The Kier molecular flexibility index (Phi) is 7.47. The van der Waals surface area contributed by atoms with Crippen LogP contribution in [0.2, 0.25) is 0 Å². The number of methoxy groups -OCH3 is 1. The third-order valence-corrected chi connectivity index (χ3v) is 7.95. The first kappa shape index (κ1) is 27.2. The quantitative estimate of drug-likeness (QED) is 0.541. The summed E-state index contributed by atoms with van der Waals surface area (Å²) in [6.07, 6.45) is -5.81. The number of nitrogens with two attached hydrogens (primary N) is 1. The number of hydrogen-bond donors (Lipinski definition) is 2. The van der Waals surface area contributed by atoms with Gasteiger partial charge in [0.1, 0.15) is 5.75 Å². The molecule has 2 amide bonds. The number of hydrogen-bond acceptors (Lipinski definition) is 6. The molecule has 4 rings (SSSR count). The summed E-state index contributed by atoms with van der Waals surface area (Å²) in [6, 6.07) is 5.20. The smallest absolute Gasteiger partial charge is 0.425 e. The maximum atomic E-state index is 13.5. The molecule has 1 aromatic carbocycles. The predicted molar refractivity (Wildman–Crippen MR) is 131 cm³/mol. The maximum absolute atomic E-state index is 13.5. The Morgan fingerprint density at radius 1 is 1.32 bits per heavy atom. The van der Waals surface area contributed by atoms with Gasteiger partial charge in [-0.1, -0.05) is 32.0 Å². The van der Waals surface area contributed by atoms with Crippen LogP contribution in [0, 0.1) is 17.8 Å². The summed E-state index contributed by atoms with van der Waals surface area (Å²) in [6.45, 7) is 6.23. The first-order valence-corrected chi connectivity index (χ1v) is 12.6. The summed E-state index contributed by atoms with van der Waals surface area (Å²) in [4.78, 5) is 32.6. The topological polar surface area (TPSA) is 106 Å². The lowest BCUT2D eigenvalue weighted by Crippen LogP contribution is -2.57. The molecular weight excluding hydrogens is 489 g/mol. The minimum atomic E-state index is -4.56. The molecule has 6 atom stereocenters. The fourth-order valence-electron chi connectivity index (χ4n) is 5.31. The number of alkyl halides is 3. The van der Waals surface area contributed by atoms with E-state index in [-0.39, 0.29) is 41.8 Å². The molecule has 1 saturated carbocycles. The zero-order valence-electron chi connectivity index (χ0n) is 21.5. The predicted octanol–water partition coefficient (Wildman–Crippen LogP) is 3.56. The highest BCUT2D eigenvalue weighted by molar-refractivity contribution is 5.99. The number of nitrogens with zero attached hydrogens (tertiary/aromatic N) is 2. The summed E-state index contributed by atoms with van der Waals surface area (Å²) in [7, 11) is 1.55. The molecule has 0 unspecified atom stereocenters. The molecule has 3 aliphatic rings. The molecule has 2 heterocycles. The normalized spacial score (nSPS) is 30.3. The van der Waals surface area contributed by atoms with E-state index in [0.29, 0.717) is 25.0 Å². The van der Waals surface area contributed by atoms with Crippen molar-refractivity contribution in [3.63, 3.8) is 0 Å². The minimum Gasteiger partial charge on any atom is -0.480 e. The number of rotatable bonds is 8. The van der Waals surface area contributed by atoms with Crippen molar-refractivity contribution in [2.24, 2.45) is 28.5 Å². The molecule has 0 radical (unpaired) electrons. The molecule has 0 saturated heterocycles. The molecule has 1 aromatic rings. The first-order chi connectivity index (χ1) is 17.4. The molecule has 11 heteroatoms. The molecule has 3 N–H and O–H groups in total. The Hall–Kier alpha value is -2.82. The van der Waals surface area contributed by atoms with Gasteiger partial charge in [0.2, 0.25) is 11.8 Å². The van der Waals surface area contributed by atoms with E-state index in [1.165, 1.54) is 11.0 Å². The van der Waals surface area contributed by atoms with Gasteiger partial charge in [-0.15, -0.1) is 0 Å². The number of ether oxygens (including phenoxy) is 2. The van der Waals surface area contributed by atoms with Crippen LogP contribution >= 0.6 is 0 Å². The maximum Gasteiger partial charge on any atom is 0.425 e. The van der Waals surface area contributed by atoms with E-state index in [1.54, 1.807) is 25.3 Å². The second-order valence-electron chi connectivity index (χ2n) is 10.8. The van der Waals surface area contributed by atoms with Gasteiger partial charge in [-0.25, -0.2) is 4.99 Å². The molecule has 0 bridgehead atoms. The summed E-state index contributed by atoms with van der Waals surface area (Å²) >= 11 is 0. The monoisotopic (exact) mass is 524 g/mol. The zero-order valence-corrected chi connectivity index (χ0v) is 21.5. The van der Waals surface area contributed by atoms with Gasteiger partial charge in [-0.3, -0.25) is 14.5 Å². The van der Waals surface area contributed by atoms with Gasteiger partial charge < -0.3 is 20.5 Å². The van der Waals surface area contributed by atoms with Crippen LogP contribution in [0.1, 0.15) is 58.1 Å². The molecule has 37 heavy (non-hydrogen) atoms. The zero-order chi connectivity index (χ0) is 27.1. The molecule has 204 valence electrons. The number of fused-ring (bicyclic) bond motifs is 1. The van der Waals surface area contributed by atoms with Crippen molar-refractivity contribution < 1.29 is 32.2 Å². The highest BCUT2D eigenvalue weighted by Crippen LogP contribution is 2.47. The molecular formula is C26H35F3N4O4. The highest BCUT2D eigenvalue weighted by atomic mass is 19.4. The van der Waals surface area contributed by atoms with Crippen LogP contribution in [0.4, 0.5) is 13.2 Å².